The van der Waals surface area contributed by atoms with Crippen LogP contribution in [0.3, 0.4) is 0 Å². The topological polar surface area (TPSA) is 97.1 Å². The number of aliphatic carboxylic acids is 1. The van der Waals surface area contributed by atoms with E-state index in [1.54, 1.807) is 35.3 Å². The molecule has 1 aromatic carbocycles. The van der Waals surface area contributed by atoms with Crippen molar-refractivity contribution < 1.29 is 14.7 Å². The zero-order valence-electron chi connectivity index (χ0n) is 13.1. The Bertz CT molecular complexity index is 668. The average Bonchev–Trinajstić information content (AvgIpc) is 3.05. The molecule has 1 heterocycles. The lowest BCUT2D eigenvalue weighted by atomic mass is 9.97. The zero-order chi connectivity index (χ0) is 16.8. The van der Waals surface area contributed by atoms with Crippen molar-refractivity contribution in [1.82, 2.24) is 20.3 Å². The quantitative estimate of drug-likeness (QED) is 0.811. The van der Waals surface area contributed by atoms with Gasteiger partial charge in [-0.2, -0.15) is 0 Å². The van der Waals surface area contributed by atoms with Crippen molar-refractivity contribution in [2.75, 3.05) is 6.54 Å². The molecule has 0 spiro atoms. The molecule has 0 aliphatic carbocycles. The standard InChI is InChI=1S/C16H20N4O3/c1-11(2)8-13(16(22)23)10-17-15(21)12-4-3-5-14(9-12)20-7-6-18-19-20/h3-7,9,11,13H,8,10H2,1-2H3,(H,17,21)(H,22,23). The molecule has 2 rings (SSSR count). The van der Waals surface area contributed by atoms with Crippen LogP contribution in [0.15, 0.2) is 36.7 Å². The highest BCUT2D eigenvalue weighted by atomic mass is 16.4. The molecule has 7 heteroatoms. The molecule has 0 fully saturated rings. The number of benzene rings is 1. The predicted molar refractivity (Wildman–Crippen MR) is 84.3 cm³/mol. The number of aromatic nitrogens is 3. The van der Waals surface area contributed by atoms with Gasteiger partial charge in [-0.1, -0.05) is 25.1 Å². The van der Waals surface area contributed by atoms with Gasteiger partial charge in [0.15, 0.2) is 0 Å². The Morgan fingerprint density at radius 1 is 1.35 bits per heavy atom. The van der Waals surface area contributed by atoms with Crippen molar-refractivity contribution in [2.24, 2.45) is 11.8 Å². The van der Waals surface area contributed by atoms with Gasteiger partial charge < -0.3 is 10.4 Å². The summed E-state index contributed by atoms with van der Waals surface area (Å²) in [6, 6.07) is 6.91. The minimum atomic E-state index is -0.893. The van der Waals surface area contributed by atoms with Crippen LogP contribution in [0.2, 0.25) is 0 Å². The second-order valence-electron chi connectivity index (χ2n) is 5.77. The Kier molecular flexibility index (Phi) is 5.46. The fourth-order valence-corrected chi connectivity index (χ4v) is 2.29. The van der Waals surface area contributed by atoms with Crippen LogP contribution in [0.1, 0.15) is 30.6 Å². The van der Waals surface area contributed by atoms with Gasteiger partial charge in [0.1, 0.15) is 0 Å². The number of hydrogen-bond donors (Lipinski definition) is 2. The van der Waals surface area contributed by atoms with E-state index >= 15 is 0 Å². The summed E-state index contributed by atoms with van der Waals surface area (Å²) in [5, 5.41) is 19.5. The Labute approximate surface area is 134 Å². The number of carboxylic acid groups (broad SMARTS) is 1. The molecule has 0 aliphatic heterocycles. The maximum Gasteiger partial charge on any atom is 0.308 e. The summed E-state index contributed by atoms with van der Waals surface area (Å²) >= 11 is 0. The fourth-order valence-electron chi connectivity index (χ4n) is 2.29. The van der Waals surface area contributed by atoms with E-state index in [4.69, 9.17) is 0 Å². The smallest absolute Gasteiger partial charge is 0.308 e. The molecule has 0 aliphatic rings. The maximum absolute atomic E-state index is 12.2. The Morgan fingerprint density at radius 2 is 2.13 bits per heavy atom. The molecule has 2 N–H and O–H groups in total. The van der Waals surface area contributed by atoms with Gasteiger partial charge in [0, 0.05) is 12.1 Å². The van der Waals surface area contributed by atoms with E-state index in [1.807, 2.05) is 19.9 Å². The highest BCUT2D eigenvalue weighted by molar-refractivity contribution is 5.94. The van der Waals surface area contributed by atoms with Crippen molar-refractivity contribution in [2.45, 2.75) is 20.3 Å². The second-order valence-corrected chi connectivity index (χ2v) is 5.77. The normalized spacial score (nSPS) is 12.1. The Hall–Kier alpha value is -2.70. The first-order valence-corrected chi connectivity index (χ1v) is 7.45. The van der Waals surface area contributed by atoms with Crippen molar-refractivity contribution in [3.05, 3.63) is 42.2 Å². The van der Waals surface area contributed by atoms with Gasteiger partial charge in [-0.3, -0.25) is 9.59 Å². The van der Waals surface area contributed by atoms with E-state index in [9.17, 15) is 14.7 Å². The summed E-state index contributed by atoms with van der Waals surface area (Å²) in [7, 11) is 0. The molecule has 7 nitrogen and oxygen atoms in total. The SMILES string of the molecule is CC(C)CC(CNC(=O)c1cccc(-n2ccnn2)c1)C(=O)O. The van der Waals surface area contributed by atoms with Gasteiger partial charge in [-0.15, -0.1) is 5.10 Å². The molecule has 122 valence electrons. The highest BCUT2D eigenvalue weighted by Gasteiger charge is 2.20. The Morgan fingerprint density at radius 3 is 2.74 bits per heavy atom. The van der Waals surface area contributed by atoms with Crippen molar-refractivity contribution >= 4 is 11.9 Å². The van der Waals surface area contributed by atoms with Crippen LogP contribution < -0.4 is 5.32 Å². The molecule has 2 aromatic rings. The monoisotopic (exact) mass is 316 g/mol. The van der Waals surface area contributed by atoms with Gasteiger partial charge in [0.2, 0.25) is 0 Å². The predicted octanol–water partition coefficient (Wildman–Crippen LogP) is 1.74. The largest absolute Gasteiger partial charge is 0.481 e. The minimum absolute atomic E-state index is 0.111. The lowest BCUT2D eigenvalue weighted by Gasteiger charge is -2.15. The van der Waals surface area contributed by atoms with E-state index in [-0.39, 0.29) is 18.4 Å². The fraction of sp³-hybridized carbons (Fsp3) is 0.375. The maximum atomic E-state index is 12.2. The first-order valence-electron chi connectivity index (χ1n) is 7.45. The molecule has 1 atom stereocenters. The van der Waals surface area contributed by atoms with Crippen LogP contribution in [0.5, 0.6) is 0 Å². The number of rotatable bonds is 7. The summed E-state index contributed by atoms with van der Waals surface area (Å²) in [6.07, 6.45) is 3.75. The lowest BCUT2D eigenvalue weighted by Crippen LogP contribution is -2.33. The molecule has 0 saturated heterocycles. The highest BCUT2D eigenvalue weighted by Crippen LogP contribution is 2.12. The van der Waals surface area contributed by atoms with E-state index in [0.29, 0.717) is 17.7 Å². The van der Waals surface area contributed by atoms with Crippen LogP contribution in [0, 0.1) is 11.8 Å². The summed E-state index contributed by atoms with van der Waals surface area (Å²) in [5.41, 5.74) is 1.17. The van der Waals surface area contributed by atoms with Crippen LogP contribution in [0.4, 0.5) is 0 Å². The van der Waals surface area contributed by atoms with Gasteiger partial charge in [0.05, 0.1) is 24.0 Å². The van der Waals surface area contributed by atoms with Gasteiger partial charge in [0.25, 0.3) is 5.91 Å². The van der Waals surface area contributed by atoms with Crippen LogP contribution in [-0.4, -0.2) is 38.5 Å². The van der Waals surface area contributed by atoms with E-state index < -0.39 is 11.9 Å². The van der Waals surface area contributed by atoms with Crippen LogP contribution >= 0.6 is 0 Å². The Balaban J connectivity index is 2.03. The molecule has 1 aromatic heterocycles. The number of nitrogens with one attached hydrogen (secondary N) is 1. The molecule has 0 saturated carbocycles. The minimum Gasteiger partial charge on any atom is -0.481 e. The summed E-state index contributed by atoms with van der Waals surface area (Å²) in [4.78, 5) is 23.5. The summed E-state index contributed by atoms with van der Waals surface area (Å²) in [5.74, 6) is -1.53. The number of carbonyl (C=O) groups is 2. The average molecular weight is 316 g/mol. The van der Waals surface area contributed by atoms with Crippen LogP contribution in [0.25, 0.3) is 5.69 Å². The van der Waals surface area contributed by atoms with E-state index in [1.165, 1.54) is 0 Å². The van der Waals surface area contributed by atoms with Gasteiger partial charge >= 0.3 is 5.97 Å². The molecule has 1 unspecified atom stereocenters. The molecular formula is C16H20N4O3. The molecular weight excluding hydrogens is 296 g/mol. The van der Waals surface area contributed by atoms with Crippen molar-refractivity contribution in [3.63, 3.8) is 0 Å². The third-order valence-corrected chi connectivity index (χ3v) is 3.41. The first-order chi connectivity index (χ1) is 11.0. The van der Waals surface area contributed by atoms with Crippen molar-refractivity contribution in [3.8, 4) is 5.69 Å². The third-order valence-electron chi connectivity index (χ3n) is 3.41. The molecule has 0 radical (unpaired) electrons. The number of carbonyl (C=O) groups excluding carboxylic acids is 1. The first kappa shape index (κ1) is 16.7. The van der Waals surface area contributed by atoms with Crippen molar-refractivity contribution in [1.29, 1.82) is 0 Å². The van der Waals surface area contributed by atoms with E-state index in [0.717, 1.165) is 0 Å². The lowest BCUT2D eigenvalue weighted by molar-refractivity contribution is -0.142. The summed E-state index contributed by atoms with van der Waals surface area (Å²) in [6.45, 7) is 4.03. The number of hydrogen-bond acceptors (Lipinski definition) is 4. The number of amides is 1. The van der Waals surface area contributed by atoms with Gasteiger partial charge in [-0.05, 0) is 30.5 Å². The van der Waals surface area contributed by atoms with Crippen LogP contribution in [-0.2, 0) is 4.79 Å². The van der Waals surface area contributed by atoms with E-state index in [2.05, 4.69) is 15.6 Å². The second kappa shape index (κ2) is 7.53. The zero-order valence-corrected chi connectivity index (χ0v) is 13.1. The molecule has 0 bridgehead atoms. The molecule has 23 heavy (non-hydrogen) atoms. The molecule has 1 amide bonds. The summed E-state index contributed by atoms with van der Waals surface area (Å²) < 4.78 is 1.55. The number of nitrogens with zero attached hydrogens (tertiary/aromatic N) is 3. The van der Waals surface area contributed by atoms with Gasteiger partial charge in [-0.25, -0.2) is 4.68 Å². The third kappa shape index (κ3) is 4.64. The number of carboxylic acids is 1.